The molecule has 7 heteroatoms. The number of carbonyl (C=O) groups is 1. The number of oxime groups is 1. The quantitative estimate of drug-likeness (QED) is 0.300. The summed E-state index contributed by atoms with van der Waals surface area (Å²) in [6, 6.07) is 9.30. The lowest BCUT2D eigenvalue weighted by atomic mass is 10.2. The second kappa shape index (κ2) is 6.37. The number of hydrogen-bond donors (Lipinski definition) is 1. The van der Waals surface area contributed by atoms with Crippen LogP contribution in [0.4, 0.5) is 4.79 Å². The monoisotopic (exact) mass is 275 g/mol. The molecular weight excluding hydrogens is 262 g/mol. The smallest absolute Gasteiger partial charge is 0.483 e. The molecule has 1 aromatic carbocycles. The van der Waals surface area contributed by atoms with Crippen LogP contribution in [0.25, 0.3) is 10.9 Å². The Balaban J connectivity index is 2.04. The first-order valence-corrected chi connectivity index (χ1v) is 5.74. The summed E-state index contributed by atoms with van der Waals surface area (Å²) >= 11 is 0. The minimum Gasteiger partial charge on any atom is -0.483 e. The Morgan fingerprint density at radius 1 is 1.35 bits per heavy atom. The molecule has 104 valence electrons. The predicted octanol–water partition coefficient (Wildman–Crippen LogP) is 1.67. The van der Waals surface area contributed by atoms with Crippen LogP contribution in [0.15, 0.2) is 41.7 Å². The summed E-state index contributed by atoms with van der Waals surface area (Å²) in [5.74, 6) is 0.572. The van der Waals surface area contributed by atoms with E-state index in [1.165, 1.54) is 7.11 Å². The molecule has 0 aliphatic heterocycles. The van der Waals surface area contributed by atoms with Gasteiger partial charge < -0.3 is 15.2 Å². The molecule has 0 saturated carbocycles. The third-order valence-electron chi connectivity index (χ3n) is 2.38. The molecule has 0 aliphatic rings. The van der Waals surface area contributed by atoms with Gasteiger partial charge in [0.2, 0.25) is 0 Å². The number of para-hydroxylation sites is 1. The lowest BCUT2D eigenvalue weighted by Crippen LogP contribution is -2.22. The highest BCUT2D eigenvalue weighted by Crippen LogP contribution is 2.22. The molecule has 2 aromatic rings. The zero-order valence-corrected chi connectivity index (χ0v) is 10.8. The molecule has 0 aliphatic carbocycles. The first-order chi connectivity index (χ1) is 9.70. The van der Waals surface area contributed by atoms with Crippen molar-refractivity contribution in [2.24, 2.45) is 10.9 Å². The molecule has 0 unspecified atom stereocenters. The van der Waals surface area contributed by atoms with E-state index in [-0.39, 0.29) is 12.4 Å². The summed E-state index contributed by atoms with van der Waals surface area (Å²) in [5, 5.41) is 4.31. The number of aromatic nitrogens is 1. The van der Waals surface area contributed by atoms with E-state index < -0.39 is 6.16 Å². The fraction of sp³-hybridized carbons (Fsp3) is 0.154. The molecule has 0 fully saturated rings. The van der Waals surface area contributed by atoms with Crippen LogP contribution in [0.5, 0.6) is 5.75 Å². The van der Waals surface area contributed by atoms with Gasteiger partial charge in [-0.2, -0.15) is 0 Å². The maximum atomic E-state index is 10.7. The third-order valence-corrected chi connectivity index (χ3v) is 2.38. The highest BCUT2D eigenvalue weighted by atomic mass is 16.8. The Morgan fingerprint density at radius 3 is 2.95 bits per heavy atom. The molecule has 2 rings (SSSR count). The van der Waals surface area contributed by atoms with Crippen LogP contribution in [-0.4, -0.2) is 30.7 Å². The van der Waals surface area contributed by atoms with Gasteiger partial charge in [-0.1, -0.05) is 23.4 Å². The standard InChI is InChI=1S/C13H13N3O4/c1-18-13(17)20-16-11(14)8-19-10-6-2-4-9-5-3-7-15-12(9)10/h2-7H,8H2,1H3,(H2,14,16). The number of nitrogens with zero attached hydrogens (tertiary/aromatic N) is 2. The fourth-order valence-electron chi connectivity index (χ4n) is 1.50. The Labute approximate surface area is 114 Å². The van der Waals surface area contributed by atoms with Crippen molar-refractivity contribution >= 4 is 22.9 Å². The van der Waals surface area contributed by atoms with E-state index in [1.807, 2.05) is 24.3 Å². The Kier molecular flexibility index (Phi) is 4.33. The highest BCUT2D eigenvalue weighted by molar-refractivity contribution is 5.85. The number of carbonyl (C=O) groups excluding carboxylic acids is 1. The van der Waals surface area contributed by atoms with Crippen molar-refractivity contribution in [3.05, 3.63) is 36.5 Å². The molecule has 0 spiro atoms. The van der Waals surface area contributed by atoms with E-state index in [9.17, 15) is 4.79 Å². The predicted molar refractivity (Wildman–Crippen MR) is 72.4 cm³/mol. The second-order valence-electron chi connectivity index (χ2n) is 3.75. The van der Waals surface area contributed by atoms with Crippen LogP contribution >= 0.6 is 0 Å². The lowest BCUT2D eigenvalue weighted by Gasteiger charge is -2.07. The van der Waals surface area contributed by atoms with Crippen molar-refractivity contribution in [1.29, 1.82) is 0 Å². The fourth-order valence-corrected chi connectivity index (χ4v) is 1.50. The maximum Gasteiger partial charge on any atom is 0.534 e. The van der Waals surface area contributed by atoms with Crippen LogP contribution in [0.1, 0.15) is 0 Å². The SMILES string of the molecule is COC(=O)ON=C(N)COc1cccc2cccnc12. The van der Waals surface area contributed by atoms with Gasteiger partial charge in [0.15, 0.2) is 5.84 Å². The zero-order valence-electron chi connectivity index (χ0n) is 10.8. The topological polar surface area (TPSA) is 96.0 Å². The molecule has 0 radical (unpaired) electrons. The largest absolute Gasteiger partial charge is 0.534 e. The van der Waals surface area contributed by atoms with Crippen molar-refractivity contribution < 1.29 is 19.1 Å². The van der Waals surface area contributed by atoms with Crippen molar-refractivity contribution in [3.8, 4) is 5.75 Å². The van der Waals surface area contributed by atoms with Gasteiger partial charge >= 0.3 is 6.16 Å². The van der Waals surface area contributed by atoms with Gasteiger partial charge in [-0.05, 0) is 12.1 Å². The molecule has 7 nitrogen and oxygen atoms in total. The number of amidine groups is 1. The van der Waals surface area contributed by atoms with Gasteiger partial charge in [0.1, 0.15) is 17.9 Å². The summed E-state index contributed by atoms with van der Waals surface area (Å²) in [7, 11) is 1.17. The first-order valence-electron chi connectivity index (χ1n) is 5.74. The molecule has 20 heavy (non-hydrogen) atoms. The number of pyridine rings is 1. The average Bonchev–Trinajstić information content (AvgIpc) is 2.50. The average molecular weight is 275 g/mol. The molecular formula is C13H13N3O4. The van der Waals surface area contributed by atoms with Gasteiger partial charge in [0.05, 0.1) is 7.11 Å². The number of hydrogen-bond acceptors (Lipinski definition) is 6. The van der Waals surface area contributed by atoms with Gasteiger partial charge in [-0.3, -0.25) is 9.82 Å². The molecule has 1 aromatic heterocycles. The van der Waals surface area contributed by atoms with Crippen LogP contribution in [-0.2, 0) is 9.57 Å². The van der Waals surface area contributed by atoms with E-state index >= 15 is 0 Å². The van der Waals surface area contributed by atoms with Crippen molar-refractivity contribution in [2.75, 3.05) is 13.7 Å². The number of benzene rings is 1. The van der Waals surface area contributed by atoms with E-state index in [0.29, 0.717) is 5.75 Å². The lowest BCUT2D eigenvalue weighted by molar-refractivity contribution is 0.0747. The number of methoxy groups -OCH3 is 1. The minimum atomic E-state index is -0.945. The third kappa shape index (κ3) is 3.35. The number of fused-ring (bicyclic) bond motifs is 1. The summed E-state index contributed by atoms with van der Waals surface area (Å²) < 4.78 is 9.74. The second-order valence-corrected chi connectivity index (χ2v) is 3.75. The molecule has 0 saturated heterocycles. The molecule has 0 atom stereocenters. The van der Waals surface area contributed by atoms with Crippen LogP contribution in [0, 0.1) is 0 Å². The molecule has 2 N–H and O–H groups in total. The molecule has 1 heterocycles. The van der Waals surface area contributed by atoms with Gasteiger partial charge in [-0.15, -0.1) is 0 Å². The number of nitrogens with two attached hydrogens (primary N) is 1. The Bertz CT molecular complexity index is 637. The van der Waals surface area contributed by atoms with Gasteiger partial charge in [0.25, 0.3) is 0 Å². The van der Waals surface area contributed by atoms with Crippen molar-refractivity contribution in [1.82, 2.24) is 4.98 Å². The van der Waals surface area contributed by atoms with E-state index in [0.717, 1.165) is 10.9 Å². The van der Waals surface area contributed by atoms with Crippen LogP contribution in [0.2, 0.25) is 0 Å². The van der Waals surface area contributed by atoms with Gasteiger partial charge in [-0.25, -0.2) is 4.79 Å². The van der Waals surface area contributed by atoms with Crippen LogP contribution < -0.4 is 10.5 Å². The van der Waals surface area contributed by atoms with E-state index in [2.05, 4.69) is 19.7 Å². The van der Waals surface area contributed by atoms with Gasteiger partial charge in [0, 0.05) is 11.6 Å². The molecule has 0 bridgehead atoms. The Morgan fingerprint density at radius 2 is 2.15 bits per heavy atom. The normalized spacial score (nSPS) is 11.2. The van der Waals surface area contributed by atoms with Crippen molar-refractivity contribution in [3.63, 3.8) is 0 Å². The number of rotatable bonds is 4. The summed E-state index contributed by atoms with van der Waals surface area (Å²) in [5.41, 5.74) is 6.26. The van der Waals surface area contributed by atoms with E-state index in [1.54, 1.807) is 12.3 Å². The number of ether oxygens (including phenoxy) is 2. The minimum absolute atomic E-state index is 0.00309. The summed E-state index contributed by atoms with van der Waals surface area (Å²) in [4.78, 5) is 19.3. The molecule has 0 amide bonds. The Hall–Kier alpha value is -2.83. The zero-order chi connectivity index (χ0) is 14.4. The van der Waals surface area contributed by atoms with E-state index in [4.69, 9.17) is 10.5 Å². The highest BCUT2D eigenvalue weighted by Gasteiger charge is 2.05. The maximum absolute atomic E-state index is 10.7. The van der Waals surface area contributed by atoms with Crippen LogP contribution in [0.3, 0.4) is 0 Å². The first kappa shape index (κ1) is 13.6. The summed E-state index contributed by atoms with van der Waals surface area (Å²) in [6.45, 7) is -0.0350. The van der Waals surface area contributed by atoms with Crippen molar-refractivity contribution in [2.45, 2.75) is 0 Å². The summed E-state index contributed by atoms with van der Waals surface area (Å²) in [6.07, 6.45) is 0.729.